The lowest BCUT2D eigenvalue weighted by Gasteiger charge is -2.08. The van der Waals surface area contributed by atoms with Crippen molar-refractivity contribution in [2.45, 2.75) is 18.9 Å². The molecule has 5 nitrogen and oxygen atoms in total. The van der Waals surface area contributed by atoms with Gasteiger partial charge in [0.2, 0.25) is 0 Å². The number of carbonyl (C=O) groups excluding carboxylic acids is 1. The molecule has 0 saturated heterocycles. The van der Waals surface area contributed by atoms with E-state index in [1.165, 1.54) is 11.1 Å². The van der Waals surface area contributed by atoms with Gasteiger partial charge in [0.1, 0.15) is 5.69 Å². The van der Waals surface area contributed by atoms with E-state index in [0.29, 0.717) is 30.0 Å². The maximum absolute atomic E-state index is 12.0. The molecule has 2 aliphatic rings. The molecule has 0 spiro atoms. The first-order chi connectivity index (χ1) is 10.3. The van der Waals surface area contributed by atoms with Crippen LogP contribution in [0.3, 0.4) is 0 Å². The van der Waals surface area contributed by atoms with Gasteiger partial charge in [0.15, 0.2) is 0 Å². The molecular formula is C16H18N4O. The Morgan fingerprint density at radius 2 is 2.29 bits per heavy atom. The van der Waals surface area contributed by atoms with Crippen LogP contribution in [0, 0.1) is 11.8 Å². The minimum Gasteiger partial charge on any atom is -0.350 e. The summed E-state index contributed by atoms with van der Waals surface area (Å²) in [5.74, 6) is 1.81. The van der Waals surface area contributed by atoms with E-state index in [1.807, 2.05) is 0 Å². The van der Waals surface area contributed by atoms with E-state index in [2.05, 4.69) is 39.8 Å². The Morgan fingerprint density at radius 1 is 1.43 bits per heavy atom. The Balaban J connectivity index is 1.36. The summed E-state index contributed by atoms with van der Waals surface area (Å²) in [5, 5.41) is 9.73. The van der Waals surface area contributed by atoms with E-state index in [9.17, 15) is 4.79 Å². The van der Waals surface area contributed by atoms with E-state index in [0.717, 1.165) is 18.7 Å². The van der Waals surface area contributed by atoms with E-state index < -0.39 is 0 Å². The van der Waals surface area contributed by atoms with E-state index in [1.54, 1.807) is 6.07 Å². The molecule has 5 heteroatoms. The molecule has 0 bridgehead atoms. The monoisotopic (exact) mass is 282 g/mol. The van der Waals surface area contributed by atoms with Crippen molar-refractivity contribution in [1.82, 2.24) is 15.5 Å². The molecule has 0 aliphatic heterocycles. The molecule has 21 heavy (non-hydrogen) atoms. The molecule has 1 amide bonds. The van der Waals surface area contributed by atoms with Gasteiger partial charge in [0, 0.05) is 18.8 Å². The first-order valence-electron chi connectivity index (χ1n) is 7.38. The van der Waals surface area contributed by atoms with Crippen LogP contribution in [-0.4, -0.2) is 22.6 Å². The largest absolute Gasteiger partial charge is 0.350 e. The zero-order valence-corrected chi connectivity index (χ0v) is 11.7. The first-order valence-corrected chi connectivity index (χ1v) is 7.38. The molecule has 1 aromatic heterocycles. The molecule has 0 radical (unpaired) electrons. The van der Waals surface area contributed by atoms with Crippen LogP contribution in [-0.2, 0) is 13.0 Å². The van der Waals surface area contributed by atoms with Gasteiger partial charge >= 0.3 is 0 Å². The zero-order valence-electron chi connectivity index (χ0n) is 11.7. The van der Waals surface area contributed by atoms with Crippen molar-refractivity contribution < 1.29 is 4.79 Å². The average molecular weight is 282 g/mol. The lowest BCUT2D eigenvalue weighted by atomic mass is 10.0. The molecule has 4 N–H and O–H groups in total. The van der Waals surface area contributed by atoms with Crippen LogP contribution >= 0.6 is 0 Å². The second-order valence-corrected chi connectivity index (χ2v) is 5.95. The highest BCUT2D eigenvalue weighted by molar-refractivity contribution is 5.92. The van der Waals surface area contributed by atoms with Crippen LogP contribution in [0.1, 0.15) is 33.2 Å². The maximum atomic E-state index is 12.0. The predicted octanol–water partition coefficient (Wildman–Crippen LogP) is 1.18. The summed E-state index contributed by atoms with van der Waals surface area (Å²) in [6, 6.07) is 10.4. The number of benzene rings is 1. The highest BCUT2D eigenvalue weighted by Crippen LogP contribution is 2.60. The van der Waals surface area contributed by atoms with Gasteiger partial charge in [-0.1, -0.05) is 24.3 Å². The van der Waals surface area contributed by atoms with Gasteiger partial charge in [0.05, 0.1) is 0 Å². The average Bonchev–Trinajstić information content (AvgIpc) is 2.91. The number of fused-ring (bicyclic) bond motifs is 3. The normalized spacial score (nSPS) is 25.3. The number of hydrogen-bond acceptors (Lipinski definition) is 3. The van der Waals surface area contributed by atoms with Crippen molar-refractivity contribution >= 4 is 5.91 Å². The van der Waals surface area contributed by atoms with E-state index >= 15 is 0 Å². The predicted molar refractivity (Wildman–Crippen MR) is 78.7 cm³/mol. The van der Waals surface area contributed by atoms with E-state index in [-0.39, 0.29) is 5.91 Å². The highest BCUT2D eigenvalue weighted by atomic mass is 16.1. The SMILES string of the molecule is NCc1cc(C(=O)NCC2C3Cc4ccccc4C23)n[nH]1. The molecule has 2 aromatic rings. The molecular weight excluding hydrogens is 264 g/mol. The van der Waals surface area contributed by atoms with Crippen molar-refractivity contribution in [2.75, 3.05) is 6.54 Å². The van der Waals surface area contributed by atoms with Crippen molar-refractivity contribution in [3.8, 4) is 0 Å². The quantitative estimate of drug-likeness (QED) is 0.787. The standard InChI is InChI=1S/C16H18N4O/c17-7-10-6-14(20-19-10)16(21)18-8-13-12-5-9-3-1-2-4-11(9)15(12)13/h1-4,6,12-13,15H,5,7-8,17H2,(H,18,21)(H,19,20). The molecule has 4 rings (SSSR count). The number of amides is 1. The minimum atomic E-state index is -0.121. The van der Waals surface area contributed by atoms with Crippen LogP contribution in [0.15, 0.2) is 30.3 Å². The van der Waals surface area contributed by atoms with Crippen molar-refractivity contribution in [1.29, 1.82) is 0 Å². The molecule has 2 aliphatic carbocycles. The summed E-state index contributed by atoms with van der Waals surface area (Å²) >= 11 is 0. The number of carbonyl (C=O) groups is 1. The second kappa shape index (κ2) is 4.70. The van der Waals surface area contributed by atoms with Gasteiger partial charge < -0.3 is 11.1 Å². The Labute approximate surface area is 122 Å². The number of nitrogens with zero attached hydrogens (tertiary/aromatic N) is 1. The highest BCUT2D eigenvalue weighted by Gasteiger charge is 2.55. The second-order valence-electron chi connectivity index (χ2n) is 5.95. The third-order valence-corrected chi connectivity index (χ3v) is 4.78. The molecule has 108 valence electrons. The van der Waals surface area contributed by atoms with Gasteiger partial charge in [-0.15, -0.1) is 0 Å². The lowest BCUT2D eigenvalue weighted by molar-refractivity contribution is 0.0946. The zero-order chi connectivity index (χ0) is 14.4. The topological polar surface area (TPSA) is 83.8 Å². The Hall–Kier alpha value is -2.14. The summed E-state index contributed by atoms with van der Waals surface area (Å²) in [6.45, 7) is 1.09. The third kappa shape index (κ3) is 2.05. The fourth-order valence-corrected chi connectivity index (χ4v) is 3.65. The van der Waals surface area contributed by atoms with Gasteiger partial charge in [-0.05, 0) is 41.4 Å². The summed E-state index contributed by atoms with van der Waals surface area (Å²) in [4.78, 5) is 12.0. The number of aromatic nitrogens is 2. The molecule has 1 heterocycles. The van der Waals surface area contributed by atoms with Crippen LogP contribution in [0.5, 0.6) is 0 Å². The Bertz CT molecular complexity index is 693. The number of nitrogens with two attached hydrogens (primary N) is 1. The Morgan fingerprint density at radius 3 is 3.10 bits per heavy atom. The lowest BCUT2D eigenvalue weighted by Crippen LogP contribution is -2.27. The maximum Gasteiger partial charge on any atom is 0.271 e. The fraction of sp³-hybridized carbons (Fsp3) is 0.375. The Kier molecular flexibility index (Phi) is 2.82. The summed E-state index contributed by atoms with van der Waals surface area (Å²) in [7, 11) is 0. The van der Waals surface area contributed by atoms with Gasteiger partial charge in [0.25, 0.3) is 5.91 Å². The van der Waals surface area contributed by atoms with Crippen molar-refractivity contribution in [2.24, 2.45) is 17.6 Å². The van der Waals surface area contributed by atoms with Crippen LogP contribution in [0.4, 0.5) is 0 Å². The minimum absolute atomic E-state index is 0.121. The smallest absolute Gasteiger partial charge is 0.271 e. The molecule has 3 atom stereocenters. The van der Waals surface area contributed by atoms with Crippen LogP contribution in [0.25, 0.3) is 0 Å². The van der Waals surface area contributed by atoms with Crippen molar-refractivity contribution in [3.63, 3.8) is 0 Å². The summed E-state index contributed by atoms with van der Waals surface area (Å²) < 4.78 is 0. The molecule has 1 fully saturated rings. The van der Waals surface area contributed by atoms with Crippen LogP contribution < -0.4 is 11.1 Å². The van der Waals surface area contributed by atoms with Gasteiger partial charge in [-0.3, -0.25) is 9.89 Å². The fourth-order valence-electron chi connectivity index (χ4n) is 3.65. The molecule has 1 aromatic carbocycles. The number of H-pyrrole nitrogens is 1. The van der Waals surface area contributed by atoms with Crippen LogP contribution in [0.2, 0.25) is 0 Å². The van der Waals surface area contributed by atoms with Gasteiger partial charge in [-0.2, -0.15) is 5.10 Å². The van der Waals surface area contributed by atoms with Gasteiger partial charge in [-0.25, -0.2) is 0 Å². The first kappa shape index (κ1) is 12.6. The third-order valence-electron chi connectivity index (χ3n) is 4.78. The number of aromatic amines is 1. The molecule has 1 saturated carbocycles. The van der Waals surface area contributed by atoms with E-state index in [4.69, 9.17) is 5.73 Å². The summed E-state index contributed by atoms with van der Waals surface area (Å²) in [5.41, 5.74) is 9.65. The van der Waals surface area contributed by atoms with Crippen molar-refractivity contribution in [3.05, 3.63) is 52.8 Å². The molecule has 3 unspecified atom stereocenters. The number of hydrogen-bond donors (Lipinski definition) is 3. The summed E-state index contributed by atoms with van der Waals surface area (Å²) in [6.07, 6.45) is 1.15. The number of rotatable bonds is 4. The number of nitrogens with one attached hydrogen (secondary N) is 2.